The Bertz CT molecular complexity index is 419. The van der Waals surface area contributed by atoms with Crippen LogP contribution in [-0.4, -0.2) is 13.2 Å². The minimum atomic E-state index is 0.629. The Kier molecular flexibility index (Phi) is 2.61. The van der Waals surface area contributed by atoms with E-state index >= 15 is 0 Å². The second kappa shape index (κ2) is 4.13. The van der Waals surface area contributed by atoms with Crippen LogP contribution in [0.1, 0.15) is 25.7 Å². The predicted molar refractivity (Wildman–Crippen MR) is 70.3 cm³/mol. The van der Waals surface area contributed by atoms with Crippen LogP contribution in [-0.2, 0) is 0 Å². The SMILES string of the molecule is COc1ccc(NC2CC3CCC2C3)c(N)c1. The third kappa shape index (κ3) is 1.94. The van der Waals surface area contributed by atoms with E-state index in [1.807, 2.05) is 18.2 Å². The van der Waals surface area contributed by atoms with Gasteiger partial charge in [0.25, 0.3) is 0 Å². The Morgan fingerprint density at radius 2 is 2.18 bits per heavy atom. The van der Waals surface area contributed by atoms with E-state index < -0.39 is 0 Å². The minimum Gasteiger partial charge on any atom is -0.497 e. The van der Waals surface area contributed by atoms with Gasteiger partial charge in [-0.2, -0.15) is 0 Å². The van der Waals surface area contributed by atoms with Gasteiger partial charge in [-0.3, -0.25) is 0 Å². The van der Waals surface area contributed by atoms with Crippen LogP contribution in [0, 0.1) is 11.8 Å². The highest BCUT2D eigenvalue weighted by atomic mass is 16.5. The van der Waals surface area contributed by atoms with Crippen molar-refractivity contribution in [2.45, 2.75) is 31.7 Å². The lowest BCUT2D eigenvalue weighted by molar-refractivity contribution is 0.415. The Morgan fingerprint density at radius 1 is 1.29 bits per heavy atom. The molecule has 1 aromatic rings. The summed E-state index contributed by atoms with van der Waals surface area (Å²) in [5, 5.41) is 3.61. The third-order valence-corrected chi connectivity index (χ3v) is 4.34. The van der Waals surface area contributed by atoms with Crippen LogP contribution in [0.4, 0.5) is 11.4 Å². The summed E-state index contributed by atoms with van der Waals surface area (Å²) >= 11 is 0. The number of benzene rings is 1. The number of rotatable bonds is 3. The van der Waals surface area contributed by atoms with E-state index in [1.165, 1.54) is 25.7 Å². The normalized spacial score (nSPS) is 30.5. The Hall–Kier alpha value is -1.38. The Balaban J connectivity index is 1.73. The minimum absolute atomic E-state index is 0.629. The summed E-state index contributed by atoms with van der Waals surface area (Å²) in [6.45, 7) is 0. The Labute approximate surface area is 102 Å². The molecule has 92 valence electrons. The summed E-state index contributed by atoms with van der Waals surface area (Å²) in [5.41, 5.74) is 7.87. The number of hydrogen-bond donors (Lipinski definition) is 2. The van der Waals surface area contributed by atoms with Crippen molar-refractivity contribution in [3.8, 4) is 5.75 Å². The standard InChI is InChI=1S/C14H20N2O/c1-17-11-4-5-13(12(15)8-11)16-14-7-9-2-3-10(14)6-9/h4-5,8-10,14,16H,2-3,6-7,15H2,1H3. The van der Waals surface area contributed by atoms with Crippen LogP contribution in [0.5, 0.6) is 5.75 Å². The van der Waals surface area contributed by atoms with Gasteiger partial charge >= 0.3 is 0 Å². The van der Waals surface area contributed by atoms with E-state index in [4.69, 9.17) is 10.5 Å². The smallest absolute Gasteiger partial charge is 0.121 e. The van der Waals surface area contributed by atoms with E-state index in [1.54, 1.807) is 7.11 Å². The molecular formula is C14H20N2O. The zero-order chi connectivity index (χ0) is 11.8. The molecule has 0 aliphatic heterocycles. The number of hydrogen-bond acceptors (Lipinski definition) is 3. The zero-order valence-corrected chi connectivity index (χ0v) is 10.3. The van der Waals surface area contributed by atoms with Crippen molar-refractivity contribution >= 4 is 11.4 Å². The monoisotopic (exact) mass is 232 g/mol. The maximum absolute atomic E-state index is 6.03. The fourth-order valence-corrected chi connectivity index (χ4v) is 3.42. The molecule has 0 radical (unpaired) electrons. The van der Waals surface area contributed by atoms with Gasteiger partial charge in [0.15, 0.2) is 0 Å². The van der Waals surface area contributed by atoms with Gasteiger partial charge in [0.1, 0.15) is 5.75 Å². The Morgan fingerprint density at radius 3 is 2.76 bits per heavy atom. The highest BCUT2D eigenvalue weighted by molar-refractivity contribution is 5.68. The molecule has 3 heteroatoms. The van der Waals surface area contributed by atoms with Gasteiger partial charge in [0, 0.05) is 12.1 Å². The topological polar surface area (TPSA) is 47.3 Å². The van der Waals surface area contributed by atoms with E-state index in [0.717, 1.165) is 29.0 Å². The van der Waals surface area contributed by atoms with Crippen LogP contribution in [0.15, 0.2) is 18.2 Å². The first-order valence-corrected chi connectivity index (χ1v) is 6.46. The van der Waals surface area contributed by atoms with E-state index in [0.29, 0.717) is 6.04 Å². The second-order valence-electron chi connectivity index (χ2n) is 5.38. The molecule has 17 heavy (non-hydrogen) atoms. The quantitative estimate of drug-likeness (QED) is 0.788. The van der Waals surface area contributed by atoms with Gasteiger partial charge in [-0.1, -0.05) is 6.42 Å². The molecule has 2 bridgehead atoms. The average Bonchev–Trinajstić information content (AvgIpc) is 2.93. The molecule has 2 fully saturated rings. The van der Waals surface area contributed by atoms with E-state index in [2.05, 4.69) is 5.32 Å². The van der Waals surface area contributed by atoms with Gasteiger partial charge in [0.2, 0.25) is 0 Å². The summed E-state index contributed by atoms with van der Waals surface area (Å²) in [4.78, 5) is 0. The summed E-state index contributed by atoms with van der Waals surface area (Å²) in [6, 6.07) is 6.51. The van der Waals surface area contributed by atoms with Crippen molar-refractivity contribution in [3.63, 3.8) is 0 Å². The molecule has 3 unspecified atom stereocenters. The zero-order valence-electron chi connectivity index (χ0n) is 10.3. The van der Waals surface area contributed by atoms with Crippen LogP contribution in [0.2, 0.25) is 0 Å². The van der Waals surface area contributed by atoms with E-state index in [-0.39, 0.29) is 0 Å². The van der Waals surface area contributed by atoms with Crippen LogP contribution >= 0.6 is 0 Å². The molecule has 0 heterocycles. The van der Waals surface area contributed by atoms with E-state index in [9.17, 15) is 0 Å². The first-order chi connectivity index (χ1) is 8.26. The van der Waals surface area contributed by atoms with Gasteiger partial charge in [0.05, 0.1) is 18.5 Å². The van der Waals surface area contributed by atoms with Crippen molar-refractivity contribution in [2.75, 3.05) is 18.2 Å². The second-order valence-corrected chi connectivity index (χ2v) is 5.38. The van der Waals surface area contributed by atoms with Gasteiger partial charge in [-0.25, -0.2) is 0 Å². The number of ether oxygens (including phenoxy) is 1. The summed E-state index contributed by atoms with van der Waals surface area (Å²) in [7, 11) is 1.66. The highest BCUT2D eigenvalue weighted by Gasteiger charge is 2.39. The van der Waals surface area contributed by atoms with Gasteiger partial charge in [-0.05, 0) is 43.2 Å². The molecule has 2 aliphatic carbocycles. The van der Waals surface area contributed by atoms with Crippen molar-refractivity contribution in [3.05, 3.63) is 18.2 Å². The summed E-state index contributed by atoms with van der Waals surface area (Å²) < 4.78 is 5.16. The van der Waals surface area contributed by atoms with Crippen LogP contribution in [0.25, 0.3) is 0 Å². The number of fused-ring (bicyclic) bond motifs is 2. The molecule has 0 amide bonds. The molecule has 2 saturated carbocycles. The first kappa shape index (κ1) is 10.8. The lowest BCUT2D eigenvalue weighted by atomic mass is 9.95. The maximum atomic E-state index is 6.03. The summed E-state index contributed by atoms with van der Waals surface area (Å²) in [6.07, 6.45) is 5.54. The third-order valence-electron chi connectivity index (χ3n) is 4.34. The fraction of sp³-hybridized carbons (Fsp3) is 0.571. The number of methoxy groups -OCH3 is 1. The molecule has 1 aromatic carbocycles. The first-order valence-electron chi connectivity index (χ1n) is 6.46. The van der Waals surface area contributed by atoms with Crippen molar-refractivity contribution in [1.29, 1.82) is 0 Å². The predicted octanol–water partition coefficient (Wildman–Crippen LogP) is 2.88. The molecule has 0 aromatic heterocycles. The molecule has 0 spiro atoms. The maximum Gasteiger partial charge on any atom is 0.121 e. The molecule has 3 atom stereocenters. The molecule has 3 N–H and O–H groups in total. The number of anilines is 2. The number of nitrogens with one attached hydrogen (secondary N) is 1. The van der Waals surface area contributed by atoms with Crippen LogP contribution < -0.4 is 15.8 Å². The largest absolute Gasteiger partial charge is 0.497 e. The molecule has 0 saturated heterocycles. The molecule has 3 rings (SSSR count). The van der Waals surface area contributed by atoms with Crippen molar-refractivity contribution in [1.82, 2.24) is 0 Å². The van der Waals surface area contributed by atoms with Crippen molar-refractivity contribution < 1.29 is 4.74 Å². The highest BCUT2D eigenvalue weighted by Crippen LogP contribution is 2.46. The number of nitrogen functional groups attached to an aromatic ring is 1. The fourth-order valence-electron chi connectivity index (χ4n) is 3.42. The molecule has 3 nitrogen and oxygen atoms in total. The summed E-state index contributed by atoms with van der Waals surface area (Å²) in [5.74, 6) is 2.64. The lowest BCUT2D eigenvalue weighted by Crippen LogP contribution is -2.26. The average molecular weight is 232 g/mol. The lowest BCUT2D eigenvalue weighted by Gasteiger charge is -2.24. The van der Waals surface area contributed by atoms with Gasteiger partial charge in [-0.15, -0.1) is 0 Å². The van der Waals surface area contributed by atoms with Crippen LogP contribution in [0.3, 0.4) is 0 Å². The van der Waals surface area contributed by atoms with Gasteiger partial charge < -0.3 is 15.8 Å². The molecular weight excluding hydrogens is 212 g/mol. The molecule has 2 aliphatic rings. The number of nitrogens with two attached hydrogens (primary N) is 1. The van der Waals surface area contributed by atoms with Crippen molar-refractivity contribution in [2.24, 2.45) is 11.8 Å².